The minimum absolute atomic E-state index is 0.133. The average Bonchev–Trinajstić information content (AvgIpc) is 2.58. The third kappa shape index (κ3) is 1.92. The molecule has 5 nitrogen and oxygen atoms in total. The fraction of sp³-hybridized carbons (Fsp3) is 0.850. The van der Waals surface area contributed by atoms with Crippen molar-refractivity contribution in [3.05, 3.63) is 11.6 Å². The lowest BCUT2D eigenvalue weighted by Gasteiger charge is -2.67. The van der Waals surface area contributed by atoms with E-state index in [4.69, 9.17) is 9.78 Å². The van der Waals surface area contributed by atoms with E-state index in [-0.39, 0.29) is 17.3 Å². The molecule has 0 aromatic carbocycles. The first-order valence-electron chi connectivity index (χ1n) is 9.63. The van der Waals surface area contributed by atoms with Crippen LogP contribution >= 0.6 is 0 Å². The third-order valence-corrected chi connectivity index (χ3v) is 8.21. The van der Waals surface area contributed by atoms with Gasteiger partial charge >= 0.3 is 5.97 Å². The largest absolute Gasteiger partial charge is 0.481 e. The summed E-state index contributed by atoms with van der Waals surface area (Å²) in [6.07, 6.45) is 6.01. The normalized spacial score (nSPS) is 51.7. The standard InChI is InChI=1S/C20H30O5/c1-12(2)19-8-9-20(25-24-19)13(11-19)14(21)10-15-17(3,16(22)23)6-5-7-18(15,20)4/h11-12,14-15,21H,5-10H2,1-4H3,(H,22,23)/t14-,15+,17-,18+,19+,20+/m1/s1. The zero-order chi connectivity index (χ0) is 18.3. The molecule has 3 aliphatic carbocycles. The van der Waals surface area contributed by atoms with Gasteiger partial charge < -0.3 is 10.2 Å². The molecule has 2 aliphatic heterocycles. The van der Waals surface area contributed by atoms with Gasteiger partial charge in [0, 0.05) is 5.41 Å². The van der Waals surface area contributed by atoms with Crippen molar-refractivity contribution in [2.24, 2.45) is 22.7 Å². The van der Waals surface area contributed by atoms with Gasteiger partial charge in [0.15, 0.2) is 0 Å². The molecule has 0 unspecified atom stereocenters. The Balaban J connectivity index is 1.86. The van der Waals surface area contributed by atoms with Gasteiger partial charge in [0.1, 0.15) is 11.2 Å². The Hall–Kier alpha value is -0.910. The number of hydrogen-bond donors (Lipinski definition) is 2. The van der Waals surface area contributed by atoms with Crippen molar-refractivity contribution in [3.63, 3.8) is 0 Å². The summed E-state index contributed by atoms with van der Waals surface area (Å²) in [5.74, 6) is -0.637. The second-order valence-corrected chi connectivity index (χ2v) is 9.50. The fourth-order valence-corrected chi connectivity index (χ4v) is 6.38. The van der Waals surface area contributed by atoms with Gasteiger partial charge in [-0.1, -0.05) is 27.2 Å². The topological polar surface area (TPSA) is 76.0 Å². The number of hydrogen-bond acceptors (Lipinski definition) is 4. The second kappa shape index (κ2) is 5.08. The number of carboxylic acids is 1. The summed E-state index contributed by atoms with van der Waals surface area (Å²) in [4.78, 5) is 24.2. The number of aliphatic carboxylic acids is 1. The molecule has 1 saturated heterocycles. The van der Waals surface area contributed by atoms with Crippen LogP contribution in [0.5, 0.6) is 0 Å². The van der Waals surface area contributed by atoms with Crippen molar-refractivity contribution in [1.29, 1.82) is 0 Å². The molecule has 3 fully saturated rings. The Morgan fingerprint density at radius 3 is 2.48 bits per heavy atom. The number of aliphatic hydroxyl groups excluding tert-OH is 1. The number of rotatable bonds is 2. The summed E-state index contributed by atoms with van der Waals surface area (Å²) < 4.78 is 0. The molecular formula is C20H30O5. The fourth-order valence-electron chi connectivity index (χ4n) is 6.38. The number of carbonyl (C=O) groups is 1. The van der Waals surface area contributed by atoms with Crippen molar-refractivity contribution < 1.29 is 24.8 Å². The molecule has 0 aromatic heterocycles. The van der Waals surface area contributed by atoms with E-state index < -0.39 is 28.7 Å². The van der Waals surface area contributed by atoms with E-state index >= 15 is 0 Å². The SMILES string of the molecule is CC(C)[C@@]12C=C3[C@H](O)C[C@H]4[C@](C)(C(=O)O)CCC[C@]4(C)[C@@]3(CC1)OO2. The predicted octanol–water partition coefficient (Wildman–Crippen LogP) is 3.46. The zero-order valence-electron chi connectivity index (χ0n) is 15.7. The molecule has 140 valence electrons. The van der Waals surface area contributed by atoms with Crippen LogP contribution in [0, 0.1) is 22.7 Å². The molecule has 1 spiro atoms. The zero-order valence-corrected chi connectivity index (χ0v) is 15.7. The van der Waals surface area contributed by atoms with Crippen molar-refractivity contribution >= 4 is 5.97 Å². The Labute approximate surface area is 149 Å². The second-order valence-electron chi connectivity index (χ2n) is 9.50. The Morgan fingerprint density at radius 1 is 1.20 bits per heavy atom. The highest BCUT2D eigenvalue weighted by molar-refractivity contribution is 5.75. The molecule has 2 heterocycles. The van der Waals surface area contributed by atoms with Crippen LogP contribution in [0.15, 0.2) is 11.6 Å². The maximum absolute atomic E-state index is 12.1. The first kappa shape index (κ1) is 17.5. The van der Waals surface area contributed by atoms with Gasteiger partial charge in [-0.05, 0) is 62.5 Å². The lowest BCUT2D eigenvalue weighted by atomic mass is 9.42. The van der Waals surface area contributed by atoms with Gasteiger partial charge in [-0.3, -0.25) is 4.79 Å². The maximum atomic E-state index is 12.1. The summed E-state index contributed by atoms with van der Waals surface area (Å²) in [6, 6.07) is 0. The third-order valence-electron chi connectivity index (χ3n) is 8.21. The molecular weight excluding hydrogens is 320 g/mol. The molecule has 5 heteroatoms. The molecule has 2 saturated carbocycles. The molecule has 2 bridgehead atoms. The molecule has 2 N–H and O–H groups in total. The lowest BCUT2D eigenvalue weighted by Crippen LogP contribution is -2.70. The van der Waals surface area contributed by atoms with Gasteiger partial charge in [0.05, 0.1) is 11.5 Å². The Morgan fingerprint density at radius 2 is 1.92 bits per heavy atom. The van der Waals surface area contributed by atoms with Gasteiger partial charge in [-0.25, -0.2) is 9.78 Å². The lowest BCUT2D eigenvalue weighted by molar-refractivity contribution is -0.467. The molecule has 25 heavy (non-hydrogen) atoms. The first-order valence-corrected chi connectivity index (χ1v) is 9.63. The van der Waals surface area contributed by atoms with Crippen molar-refractivity contribution in [2.75, 3.05) is 0 Å². The average molecular weight is 350 g/mol. The first-order chi connectivity index (χ1) is 11.6. The monoisotopic (exact) mass is 350 g/mol. The van der Waals surface area contributed by atoms with E-state index in [1.807, 2.05) is 6.92 Å². The van der Waals surface area contributed by atoms with Crippen LogP contribution in [0.1, 0.15) is 66.2 Å². The number of aliphatic hydroxyl groups is 1. The van der Waals surface area contributed by atoms with Crippen LogP contribution in [-0.4, -0.2) is 33.5 Å². The van der Waals surface area contributed by atoms with Gasteiger partial charge in [0.25, 0.3) is 0 Å². The van der Waals surface area contributed by atoms with Crippen LogP contribution in [0.3, 0.4) is 0 Å². The minimum Gasteiger partial charge on any atom is -0.481 e. The van der Waals surface area contributed by atoms with Crippen molar-refractivity contribution in [2.45, 2.75) is 83.5 Å². The van der Waals surface area contributed by atoms with E-state index in [2.05, 4.69) is 26.8 Å². The molecule has 0 aromatic rings. The maximum Gasteiger partial charge on any atom is 0.309 e. The van der Waals surface area contributed by atoms with Gasteiger partial charge in [0.2, 0.25) is 0 Å². The molecule has 0 amide bonds. The van der Waals surface area contributed by atoms with E-state index in [1.165, 1.54) is 0 Å². The Kier molecular flexibility index (Phi) is 3.56. The highest BCUT2D eigenvalue weighted by Crippen LogP contribution is 2.68. The molecule has 6 atom stereocenters. The van der Waals surface area contributed by atoms with Crippen LogP contribution in [0.2, 0.25) is 0 Å². The van der Waals surface area contributed by atoms with Crippen molar-refractivity contribution in [1.82, 2.24) is 0 Å². The van der Waals surface area contributed by atoms with Crippen LogP contribution in [0.4, 0.5) is 0 Å². The summed E-state index contributed by atoms with van der Waals surface area (Å²) in [5.41, 5.74) is -1.39. The highest BCUT2D eigenvalue weighted by atomic mass is 17.2. The summed E-state index contributed by atoms with van der Waals surface area (Å²) in [5, 5.41) is 20.9. The summed E-state index contributed by atoms with van der Waals surface area (Å²) in [6.45, 7) is 8.23. The van der Waals surface area contributed by atoms with Crippen LogP contribution in [-0.2, 0) is 14.6 Å². The molecule has 5 aliphatic rings. The summed E-state index contributed by atoms with van der Waals surface area (Å²) >= 11 is 0. The van der Waals surface area contributed by atoms with Crippen LogP contribution in [0.25, 0.3) is 0 Å². The predicted molar refractivity (Wildman–Crippen MR) is 91.6 cm³/mol. The van der Waals surface area contributed by atoms with Gasteiger partial charge in [-0.2, -0.15) is 0 Å². The summed E-state index contributed by atoms with van der Waals surface area (Å²) in [7, 11) is 0. The quantitative estimate of drug-likeness (QED) is 0.589. The molecule has 5 rings (SSSR count). The van der Waals surface area contributed by atoms with E-state index in [0.29, 0.717) is 12.8 Å². The van der Waals surface area contributed by atoms with E-state index in [9.17, 15) is 15.0 Å². The number of fused-ring (bicyclic) bond motifs is 3. The number of carboxylic acid groups (broad SMARTS) is 1. The van der Waals surface area contributed by atoms with Gasteiger partial charge in [-0.15, -0.1) is 0 Å². The highest BCUT2D eigenvalue weighted by Gasteiger charge is 2.71. The smallest absolute Gasteiger partial charge is 0.309 e. The molecule has 0 radical (unpaired) electrons. The van der Waals surface area contributed by atoms with Crippen molar-refractivity contribution in [3.8, 4) is 0 Å². The van der Waals surface area contributed by atoms with Crippen LogP contribution < -0.4 is 0 Å². The Bertz CT molecular complexity index is 630. The minimum atomic E-state index is -0.832. The van der Waals surface area contributed by atoms with E-state index in [0.717, 1.165) is 31.3 Å². The van der Waals surface area contributed by atoms with E-state index in [1.54, 1.807) is 0 Å².